The fourth-order valence-corrected chi connectivity index (χ4v) is 3.03. The molecule has 2 saturated heterocycles. The maximum Gasteiger partial charge on any atom is 0.255 e. The Hall–Kier alpha value is -1.53. The number of carbonyl (C=O) groups is 1. The molecule has 1 aromatic heterocycles. The normalized spacial score (nSPS) is 20.4. The summed E-state index contributed by atoms with van der Waals surface area (Å²) in [6, 6.07) is 2.39. The molecule has 2 aliphatic rings. The van der Waals surface area contributed by atoms with Crippen molar-refractivity contribution in [3.05, 3.63) is 23.0 Å². The van der Waals surface area contributed by atoms with Gasteiger partial charge >= 0.3 is 0 Å². The van der Waals surface area contributed by atoms with E-state index in [0.717, 1.165) is 62.6 Å². The predicted octanol–water partition coefficient (Wildman–Crippen LogP) is 0.0770. The number of aryl methyl sites for hydroxylation is 2. The van der Waals surface area contributed by atoms with Gasteiger partial charge in [0.15, 0.2) is 0 Å². The summed E-state index contributed by atoms with van der Waals surface area (Å²) in [6.45, 7) is 9.84. The first-order valence-corrected chi connectivity index (χ1v) is 7.76. The van der Waals surface area contributed by atoms with Crippen molar-refractivity contribution in [3.63, 3.8) is 0 Å². The number of aromatic nitrogens is 2. The van der Waals surface area contributed by atoms with Crippen molar-refractivity contribution < 1.29 is 4.79 Å². The van der Waals surface area contributed by atoms with Crippen molar-refractivity contribution in [2.24, 2.45) is 0 Å². The third kappa shape index (κ3) is 2.91. The monoisotopic (exact) mass is 289 g/mol. The van der Waals surface area contributed by atoms with Crippen LogP contribution in [-0.2, 0) is 6.42 Å². The van der Waals surface area contributed by atoms with Gasteiger partial charge in [0.1, 0.15) is 0 Å². The Morgan fingerprint density at radius 3 is 2.71 bits per heavy atom. The topological polar surface area (TPSA) is 61.4 Å². The summed E-state index contributed by atoms with van der Waals surface area (Å²) in [4.78, 5) is 17.0. The number of nitrogens with zero attached hydrogens (tertiary/aromatic N) is 4. The van der Waals surface area contributed by atoms with E-state index in [1.165, 1.54) is 0 Å². The van der Waals surface area contributed by atoms with E-state index in [9.17, 15) is 4.79 Å². The molecule has 2 fully saturated rings. The summed E-state index contributed by atoms with van der Waals surface area (Å²) in [5.74, 6) is 0.108. The van der Waals surface area contributed by atoms with E-state index in [1.54, 1.807) is 0 Å². The Kier molecular flexibility index (Phi) is 4.17. The van der Waals surface area contributed by atoms with Crippen LogP contribution in [0.2, 0.25) is 0 Å². The van der Waals surface area contributed by atoms with Gasteiger partial charge in [-0.3, -0.25) is 9.69 Å². The molecule has 114 valence electrons. The predicted molar refractivity (Wildman–Crippen MR) is 80.3 cm³/mol. The third-order valence-corrected chi connectivity index (χ3v) is 4.38. The molecule has 3 heterocycles. The highest BCUT2D eigenvalue weighted by Gasteiger charge is 2.36. The van der Waals surface area contributed by atoms with Gasteiger partial charge in [0.2, 0.25) is 0 Å². The highest BCUT2D eigenvalue weighted by Crippen LogP contribution is 2.20. The lowest BCUT2D eigenvalue weighted by Crippen LogP contribution is -2.64. The fourth-order valence-electron chi connectivity index (χ4n) is 3.03. The van der Waals surface area contributed by atoms with Gasteiger partial charge in [0, 0.05) is 45.3 Å². The minimum Gasteiger partial charge on any atom is -0.335 e. The number of likely N-dealkylation sites (tertiary alicyclic amines) is 1. The number of hydrogen-bond donors (Lipinski definition) is 1. The Balaban J connectivity index is 1.64. The molecule has 3 rings (SSSR count). The molecule has 21 heavy (non-hydrogen) atoms. The van der Waals surface area contributed by atoms with Crippen LogP contribution in [0.1, 0.15) is 28.7 Å². The smallest absolute Gasteiger partial charge is 0.255 e. The van der Waals surface area contributed by atoms with E-state index >= 15 is 0 Å². The minimum absolute atomic E-state index is 0.108. The SMILES string of the molecule is CCc1nnc(C)cc1C(=O)N1CC(N2CCNCC2)C1. The first-order valence-electron chi connectivity index (χ1n) is 7.76. The van der Waals surface area contributed by atoms with Crippen LogP contribution in [0, 0.1) is 6.92 Å². The molecule has 1 amide bonds. The van der Waals surface area contributed by atoms with Gasteiger partial charge in [0.25, 0.3) is 5.91 Å². The molecule has 0 radical (unpaired) electrons. The number of rotatable bonds is 3. The summed E-state index contributed by atoms with van der Waals surface area (Å²) < 4.78 is 0. The van der Waals surface area contributed by atoms with Crippen molar-refractivity contribution in [3.8, 4) is 0 Å². The molecule has 0 atom stereocenters. The van der Waals surface area contributed by atoms with E-state index in [4.69, 9.17) is 0 Å². The van der Waals surface area contributed by atoms with Crippen LogP contribution in [0.25, 0.3) is 0 Å². The summed E-state index contributed by atoms with van der Waals surface area (Å²) in [6.07, 6.45) is 0.740. The molecular formula is C15H23N5O. The lowest BCUT2D eigenvalue weighted by atomic mass is 10.0. The number of piperazine rings is 1. The Morgan fingerprint density at radius 1 is 1.33 bits per heavy atom. The van der Waals surface area contributed by atoms with Crippen LogP contribution in [-0.4, -0.2) is 71.2 Å². The largest absolute Gasteiger partial charge is 0.335 e. The quantitative estimate of drug-likeness (QED) is 0.854. The van der Waals surface area contributed by atoms with Crippen molar-refractivity contribution in [1.82, 2.24) is 25.3 Å². The third-order valence-electron chi connectivity index (χ3n) is 4.38. The van der Waals surface area contributed by atoms with Crippen molar-refractivity contribution in [2.75, 3.05) is 39.3 Å². The Bertz CT molecular complexity index is 521. The molecular weight excluding hydrogens is 266 g/mol. The van der Waals surface area contributed by atoms with Gasteiger partial charge in [-0.05, 0) is 19.4 Å². The van der Waals surface area contributed by atoms with Gasteiger partial charge in [-0.15, -0.1) is 0 Å². The molecule has 0 aromatic carbocycles. The van der Waals surface area contributed by atoms with Crippen LogP contribution >= 0.6 is 0 Å². The summed E-state index contributed by atoms with van der Waals surface area (Å²) >= 11 is 0. The van der Waals surface area contributed by atoms with Crippen molar-refractivity contribution in [1.29, 1.82) is 0 Å². The molecule has 0 aliphatic carbocycles. The van der Waals surface area contributed by atoms with Crippen LogP contribution in [0.15, 0.2) is 6.07 Å². The summed E-state index contributed by atoms with van der Waals surface area (Å²) in [5, 5.41) is 11.6. The van der Waals surface area contributed by atoms with E-state index in [1.807, 2.05) is 24.8 Å². The molecule has 0 saturated carbocycles. The average molecular weight is 289 g/mol. The van der Waals surface area contributed by atoms with Crippen molar-refractivity contribution in [2.45, 2.75) is 26.3 Å². The second kappa shape index (κ2) is 6.07. The van der Waals surface area contributed by atoms with Gasteiger partial charge in [-0.1, -0.05) is 6.92 Å². The number of carbonyl (C=O) groups excluding carboxylic acids is 1. The second-order valence-electron chi connectivity index (χ2n) is 5.85. The van der Waals surface area contributed by atoms with E-state index in [-0.39, 0.29) is 5.91 Å². The highest BCUT2D eigenvalue weighted by molar-refractivity contribution is 5.95. The molecule has 2 aliphatic heterocycles. The van der Waals surface area contributed by atoms with E-state index < -0.39 is 0 Å². The second-order valence-corrected chi connectivity index (χ2v) is 5.85. The zero-order valence-corrected chi connectivity index (χ0v) is 12.8. The standard InChI is InChI=1S/C15H23N5O/c1-3-14-13(8-11(2)17-18-14)15(21)20-9-12(10-20)19-6-4-16-5-7-19/h8,12,16H,3-7,9-10H2,1-2H3. The highest BCUT2D eigenvalue weighted by atomic mass is 16.2. The Morgan fingerprint density at radius 2 is 2.05 bits per heavy atom. The number of hydrogen-bond acceptors (Lipinski definition) is 5. The van der Waals surface area contributed by atoms with E-state index in [2.05, 4.69) is 20.4 Å². The zero-order valence-electron chi connectivity index (χ0n) is 12.8. The summed E-state index contributed by atoms with van der Waals surface area (Å²) in [7, 11) is 0. The molecule has 1 aromatic rings. The molecule has 6 nitrogen and oxygen atoms in total. The first kappa shape index (κ1) is 14.4. The molecule has 0 spiro atoms. The lowest BCUT2D eigenvalue weighted by molar-refractivity contribution is 0.0225. The molecule has 0 unspecified atom stereocenters. The first-order chi connectivity index (χ1) is 10.2. The van der Waals surface area contributed by atoms with E-state index in [0.29, 0.717) is 6.04 Å². The van der Waals surface area contributed by atoms with Crippen LogP contribution in [0.3, 0.4) is 0 Å². The molecule has 6 heteroatoms. The summed E-state index contributed by atoms with van der Waals surface area (Å²) in [5.41, 5.74) is 2.33. The van der Waals surface area contributed by atoms with Gasteiger partial charge in [0.05, 0.1) is 17.0 Å². The maximum atomic E-state index is 12.6. The molecule has 0 bridgehead atoms. The maximum absolute atomic E-state index is 12.6. The fraction of sp³-hybridized carbons (Fsp3) is 0.667. The Labute approximate surface area is 125 Å². The van der Waals surface area contributed by atoms with Crippen LogP contribution in [0.5, 0.6) is 0 Å². The lowest BCUT2D eigenvalue weighted by Gasteiger charge is -2.46. The minimum atomic E-state index is 0.108. The zero-order chi connectivity index (χ0) is 14.8. The molecule has 1 N–H and O–H groups in total. The van der Waals surface area contributed by atoms with Crippen LogP contribution in [0.4, 0.5) is 0 Å². The van der Waals surface area contributed by atoms with Crippen LogP contribution < -0.4 is 5.32 Å². The van der Waals surface area contributed by atoms with Gasteiger partial charge in [-0.2, -0.15) is 10.2 Å². The number of amides is 1. The average Bonchev–Trinajstić information content (AvgIpc) is 2.46. The van der Waals surface area contributed by atoms with Crippen molar-refractivity contribution >= 4 is 5.91 Å². The van der Waals surface area contributed by atoms with Gasteiger partial charge in [-0.25, -0.2) is 0 Å². The van der Waals surface area contributed by atoms with Gasteiger partial charge < -0.3 is 10.2 Å². The number of nitrogens with one attached hydrogen (secondary N) is 1.